The van der Waals surface area contributed by atoms with Crippen LogP contribution in [0.15, 0.2) is 46.1 Å². The Morgan fingerprint density at radius 1 is 1.17 bits per heavy atom. The first-order valence-electron chi connectivity index (χ1n) is 7.63. The van der Waals surface area contributed by atoms with Crippen LogP contribution in [-0.2, 0) is 13.1 Å². The van der Waals surface area contributed by atoms with Crippen molar-refractivity contribution in [3.05, 3.63) is 46.7 Å². The third-order valence-electron chi connectivity index (χ3n) is 3.51. The summed E-state index contributed by atoms with van der Waals surface area (Å²) in [6.07, 6.45) is 4.08. The van der Waals surface area contributed by atoms with E-state index in [1.165, 1.54) is 0 Å². The van der Waals surface area contributed by atoms with E-state index in [4.69, 9.17) is 9.47 Å². The Balaban J connectivity index is 1.89. The molecule has 0 atom stereocenters. The van der Waals surface area contributed by atoms with E-state index in [1.54, 1.807) is 21.3 Å². The zero-order chi connectivity index (χ0) is 17.4. The second kappa shape index (κ2) is 9.22. The van der Waals surface area contributed by atoms with Gasteiger partial charge in [-0.3, -0.25) is 4.99 Å². The average Bonchev–Trinajstić information content (AvgIpc) is 3.10. The molecule has 0 spiro atoms. The molecular formula is C17H23BrN4O2. The third kappa shape index (κ3) is 4.92. The van der Waals surface area contributed by atoms with Crippen molar-refractivity contribution in [2.75, 3.05) is 27.8 Å². The van der Waals surface area contributed by atoms with Crippen molar-refractivity contribution in [1.29, 1.82) is 0 Å². The summed E-state index contributed by atoms with van der Waals surface area (Å²) in [7, 11) is 5.01. The maximum Gasteiger partial charge on any atom is 0.191 e. The summed E-state index contributed by atoms with van der Waals surface area (Å²) in [5.74, 6) is 2.14. The van der Waals surface area contributed by atoms with Gasteiger partial charge in [-0.2, -0.15) is 0 Å². The Hall–Kier alpha value is -2.15. The third-order valence-corrected chi connectivity index (χ3v) is 4.09. The predicted molar refractivity (Wildman–Crippen MR) is 99.9 cm³/mol. The molecule has 0 aliphatic heterocycles. The Labute approximate surface area is 151 Å². The van der Waals surface area contributed by atoms with Crippen LogP contribution in [-0.4, -0.2) is 38.3 Å². The van der Waals surface area contributed by atoms with E-state index in [9.17, 15) is 0 Å². The molecule has 0 amide bonds. The van der Waals surface area contributed by atoms with Crippen LogP contribution in [0.4, 0.5) is 0 Å². The summed E-state index contributed by atoms with van der Waals surface area (Å²) in [6, 6.07) is 7.98. The molecule has 0 bridgehead atoms. The second-order valence-corrected chi connectivity index (χ2v) is 5.94. The quantitative estimate of drug-likeness (QED) is 0.559. The van der Waals surface area contributed by atoms with Crippen LogP contribution >= 0.6 is 15.9 Å². The minimum absolute atomic E-state index is 0.627. The van der Waals surface area contributed by atoms with Gasteiger partial charge >= 0.3 is 0 Å². The van der Waals surface area contributed by atoms with E-state index in [-0.39, 0.29) is 0 Å². The maximum atomic E-state index is 5.37. The van der Waals surface area contributed by atoms with Crippen molar-refractivity contribution >= 4 is 21.9 Å². The van der Waals surface area contributed by atoms with Crippen LogP contribution in [0.2, 0.25) is 0 Å². The largest absolute Gasteiger partial charge is 0.493 e. The second-order valence-electron chi connectivity index (χ2n) is 5.09. The molecule has 0 saturated carbocycles. The molecule has 0 radical (unpaired) electrons. The molecule has 1 aromatic carbocycles. The number of hydrogen-bond acceptors (Lipinski definition) is 3. The summed E-state index contributed by atoms with van der Waals surface area (Å²) >= 11 is 3.51. The van der Waals surface area contributed by atoms with Crippen molar-refractivity contribution in [3.8, 4) is 11.5 Å². The van der Waals surface area contributed by atoms with Crippen LogP contribution in [0.5, 0.6) is 11.5 Å². The first-order chi connectivity index (χ1) is 11.7. The Morgan fingerprint density at radius 2 is 1.92 bits per heavy atom. The molecule has 1 heterocycles. The van der Waals surface area contributed by atoms with Crippen molar-refractivity contribution in [2.24, 2.45) is 4.99 Å². The van der Waals surface area contributed by atoms with Crippen LogP contribution in [0, 0.1) is 0 Å². The number of guanidine groups is 1. The maximum absolute atomic E-state index is 5.37. The van der Waals surface area contributed by atoms with Crippen LogP contribution in [0.1, 0.15) is 5.56 Å². The van der Waals surface area contributed by atoms with E-state index in [1.807, 2.05) is 36.7 Å². The smallest absolute Gasteiger partial charge is 0.191 e. The molecule has 0 aliphatic carbocycles. The first-order valence-corrected chi connectivity index (χ1v) is 8.43. The van der Waals surface area contributed by atoms with Gasteiger partial charge in [-0.05, 0) is 45.8 Å². The number of aliphatic imine (C=N–C) groups is 1. The highest BCUT2D eigenvalue weighted by atomic mass is 79.9. The molecule has 2 aromatic rings. The van der Waals surface area contributed by atoms with Crippen molar-refractivity contribution in [3.63, 3.8) is 0 Å². The van der Waals surface area contributed by atoms with Crippen molar-refractivity contribution in [1.82, 2.24) is 15.2 Å². The van der Waals surface area contributed by atoms with Gasteiger partial charge in [0.1, 0.15) is 0 Å². The number of benzene rings is 1. The number of hydrogen-bond donors (Lipinski definition) is 2. The van der Waals surface area contributed by atoms with Crippen molar-refractivity contribution < 1.29 is 9.47 Å². The molecule has 0 saturated heterocycles. The van der Waals surface area contributed by atoms with Gasteiger partial charge in [0.2, 0.25) is 0 Å². The molecule has 0 fully saturated rings. The molecular weight excluding hydrogens is 372 g/mol. The minimum Gasteiger partial charge on any atom is -0.493 e. The van der Waals surface area contributed by atoms with Gasteiger partial charge in [0.25, 0.3) is 0 Å². The van der Waals surface area contributed by atoms with Gasteiger partial charge < -0.3 is 24.7 Å². The van der Waals surface area contributed by atoms with Crippen molar-refractivity contribution in [2.45, 2.75) is 13.1 Å². The number of ether oxygens (including phenoxy) is 2. The molecule has 7 heteroatoms. The highest BCUT2D eigenvalue weighted by molar-refractivity contribution is 9.10. The zero-order valence-electron chi connectivity index (χ0n) is 14.2. The van der Waals surface area contributed by atoms with Gasteiger partial charge in [-0.25, -0.2) is 0 Å². The molecule has 2 rings (SSSR count). The van der Waals surface area contributed by atoms with Crippen LogP contribution in [0.3, 0.4) is 0 Å². The van der Waals surface area contributed by atoms with E-state index in [0.29, 0.717) is 18.0 Å². The lowest BCUT2D eigenvalue weighted by atomic mass is 10.2. The lowest BCUT2D eigenvalue weighted by molar-refractivity contribution is 0.352. The fourth-order valence-electron chi connectivity index (χ4n) is 2.30. The van der Waals surface area contributed by atoms with E-state index >= 15 is 0 Å². The van der Waals surface area contributed by atoms with E-state index in [0.717, 1.165) is 29.1 Å². The number of rotatable bonds is 7. The van der Waals surface area contributed by atoms with Gasteiger partial charge in [0, 0.05) is 39.1 Å². The lowest BCUT2D eigenvalue weighted by Crippen LogP contribution is -2.38. The lowest BCUT2D eigenvalue weighted by Gasteiger charge is -2.15. The normalized spacial score (nSPS) is 11.2. The summed E-state index contributed by atoms with van der Waals surface area (Å²) < 4.78 is 13.7. The fourth-order valence-corrected chi connectivity index (χ4v) is 2.95. The zero-order valence-corrected chi connectivity index (χ0v) is 15.8. The highest BCUT2D eigenvalue weighted by Crippen LogP contribution is 2.36. The van der Waals surface area contributed by atoms with Gasteiger partial charge in [-0.1, -0.05) is 0 Å². The number of aromatic nitrogens is 1. The highest BCUT2D eigenvalue weighted by Gasteiger charge is 2.10. The van der Waals surface area contributed by atoms with Gasteiger partial charge in [0.15, 0.2) is 17.5 Å². The van der Waals surface area contributed by atoms with Gasteiger partial charge in [-0.15, -0.1) is 0 Å². The van der Waals surface area contributed by atoms with E-state index < -0.39 is 0 Å². The number of methoxy groups -OCH3 is 2. The topological polar surface area (TPSA) is 59.8 Å². The molecule has 6 nitrogen and oxygen atoms in total. The van der Waals surface area contributed by atoms with E-state index in [2.05, 4.69) is 36.1 Å². The average molecular weight is 395 g/mol. The molecule has 24 heavy (non-hydrogen) atoms. The Morgan fingerprint density at radius 3 is 2.54 bits per heavy atom. The Kier molecular flexibility index (Phi) is 6.99. The molecule has 2 N–H and O–H groups in total. The van der Waals surface area contributed by atoms with Crippen LogP contribution < -0.4 is 20.1 Å². The Bertz CT molecular complexity index is 671. The first kappa shape index (κ1) is 18.2. The number of halogens is 1. The van der Waals surface area contributed by atoms with Gasteiger partial charge in [0.05, 0.1) is 18.7 Å². The molecule has 0 unspecified atom stereocenters. The summed E-state index contributed by atoms with van der Waals surface area (Å²) in [5, 5.41) is 6.59. The summed E-state index contributed by atoms with van der Waals surface area (Å²) in [4.78, 5) is 4.24. The fraction of sp³-hybridized carbons (Fsp3) is 0.353. The number of nitrogens with zero attached hydrogens (tertiary/aromatic N) is 2. The predicted octanol–water partition coefficient (Wildman–Crippen LogP) is 2.63. The number of nitrogens with one attached hydrogen (secondary N) is 2. The summed E-state index contributed by atoms with van der Waals surface area (Å²) in [5.41, 5.74) is 1.06. The molecule has 0 aliphatic rings. The minimum atomic E-state index is 0.627. The SMILES string of the molecule is CN=C(NCCn1cccc1)NCc1cc(Br)c(OC)c(OC)c1. The standard InChI is InChI=1S/C17H23BrN4O2/c1-19-17(20-6-9-22-7-4-5-8-22)21-12-13-10-14(18)16(24-3)15(11-13)23-2/h4-5,7-8,10-11H,6,9,12H2,1-3H3,(H2,19,20,21). The monoisotopic (exact) mass is 394 g/mol. The van der Waals surface area contributed by atoms with Crippen LogP contribution in [0.25, 0.3) is 0 Å². The summed E-state index contributed by atoms with van der Waals surface area (Å²) in [6.45, 7) is 2.31. The molecule has 1 aromatic heterocycles. The molecule has 130 valence electrons.